The predicted molar refractivity (Wildman–Crippen MR) is 62.6 cm³/mol. The average Bonchev–Trinajstić information content (AvgIpc) is 2.65. The molecule has 0 aromatic rings. The number of likely N-dealkylation sites (N-methyl/N-ethyl adjacent to an activating group) is 1. The largest absolute Gasteiger partial charge is 0.374 e. The summed E-state index contributed by atoms with van der Waals surface area (Å²) in [5, 5.41) is 0. The fourth-order valence-corrected chi connectivity index (χ4v) is 2.90. The van der Waals surface area contributed by atoms with Gasteiger partial charge in [-0.2, -0.15) is 0 Å². The normalized spacial score (nSPS) is 34.8. The lowest BCUT2D eigenvalue weighted by molar-refractivity contribution is -0.0363. The molecule has 0 radical (unpaired) electrons. The quantitative estimate of drug-likeness (QED) is 0.676. The van der Waals surface area contributed by atoms with Gasteiger partial charge in [0.15, 0.2) is 0 Å². The van der Waals surface area contributed by atoms with Gasteiger partial charge in [0.05, 0.1) is 12.7 Å². The third kappa shape index (κ3) is 3.06. The van der Waals surface area contributed by atoms with Gasteiger partial charge < -0.3 is 9.64 Å². The Hall–Kier alpha value is 0.170. The molecule has 2 atom stereocenters. The summed E-state index contributed by atoms with van der Waals surface area (Å²) < 4.78 is 5.78. The zero-order valence-corrected chi connectivity index (χ0v) is 10.2. The molecule has 0 saturated carbocycles. The minimum absolute atomic E-state index is 0.382. The molecule has 2 aliphatic heterocycles. The van der Waals surface area contributed by atoms with E-state index < -0.39 is 0 Å². The first-order valence-corrected chi connectivity index (χ1v) is 6.43. The van der Waals surface area contributed by atoms with Crippen molar-refractivity contribution in [2.45, 2.75) is 25.0 Å². The van der Waals surface area contributed by atoms with E-state index in [4.69, 9.17) is 16.3 Å². The van der Waals surface area contributed by atoms with Gasteiger partial charge in [0.25, 0.3) is 0 Å². The standard InChI is InChI=1S/C11H21ClN2O/c1-13-5-6-15-11(8-13)9-14-4-2-3-10(14)7-12/h10-11H,2-9H2,1H3. The van der Waals surface area contributed by atoms with Crippen molar-refractivity contribution in [1.82, 2.24) is 9.80 Å². The van der Waals surface area contributed by atoms with Crippen molar-refractivity contribution in [3.63, 3.8) is 0 Å². The number of alkyl halides is 1. The SMILES string of the molecule is CN1CCOC(CN2CCCC2CCl)C1. The third-order valence-corrected chi connectivity index (χ3v) is 3.81. The van der Waals surface area contributed by atoms with Crippen molar-refractivity contribution in [2.75, 3.05) is 45.7 Å². The monoisotopic (exact) mass is 232 g/mol. The Morgan fingerprint density at radius 3 is 3.00 bits per heavy atom. The second-order valence-electron chi connectivity index (χ2n) is 4.70. The minimum Gasteiger partial charge on any atom is -0.374 e. The topological polar surface area (TPSA) is 15.7 Å². The Kier molecular flexibility index (Phi) is 4.26. The van der Waals surface area contributed by atoms with Gasteiger partial charge in [-0.3, -0.25) is 4.90 Å². The molecule has 2 aliphatic rings. The smallest absolute Gasteiger partial charge is 0.0829 e. The van der Waals surface area contributed by atoms with Crippen molar-refractivity contribution in [1.29, 1.82) is 0 Å². The van der Waals surface area contributed by atoms with E-state index in [9.17, 15) is 0 Å². The van der Waals surface area contributed by atoms with Gasteiger partial charge in [0.2, 0.25) is 0 Å². The highest BCUT2D eigenvalue weighted by molar-refractivity contribution is 6.18. The Bertz CT molecular complexity index is 203. The van der Waals surface area contributed by atoms with E-state index in [1.807, 2.05) is 0 Å². The molecule has 0 bridgehead atoms. The molecule has 0 spiro atoms. The molecule has 15 heavy (non-hydrogen) atoms. The highest BCUT2D eigenvalue weighted by Crippen LogP contribution is 2.19. The minimum atomic E-state index is 0.382. The van der Waals surface area contributed by atoms with Gasteiger partial charge in [-0.05, 0) is 26.4 Å². The summed E-state index contributed by atoms with van der Waals surface area (Å²) in [7, 11) is 2.17. The first-order chi connectivity index (χ1) is 7.29. The number of likely N-dealkylation sites (tertiary alicyclic amines) is 1. The molecule has 0 amide bonds. The predicted octanol–water partition coefficient (Wildman–Crippen LogP) is 1.02. The molecule has 4 heteroatoms. The second-order valence-corrected chi connectivity index (χ2v) is 5.01. The van der Waals surface area contributed by atoms with Crippen LogP contribution in [0.2, 0.25) is 0 Å². The summed E-state index contributed by atoms with van der Waals surface area (Å²) in [6, 6.07) is 0.586. The lowest BCUT2D eigenvalue weighted by Gasteiger charge is -2.34. The third-order valence-electron chi connectivity index (χ3n) is 3.46. The van der Waals surface area contributed by atoms with E-state index in [1.165, 1.54) is 19.4 Å². The average molecular weight is 233 g/mol. The highest BCUT2D eigenvalue weighted by Gasteiger charge is 2.27. The Morgan fingerprint density at radius 2 is 2.27 bits per heavy atom. The van der Waals surface area contributed by atoms with Gasteiger partial charge in [-0.1, -0.05) is 0 Å². The van der Waals surface area contributed by atoms with Crippen molar-refractivity contribution >= 4 is 11.6 Å². The van der Waals surface area contributed by atoms with E-state index in [1.54, 1.807) is 0 Å². The maximum absolute atomic E-state index is 5.96. The molecule has 0 aromatic carbocycles. The molecule has 2 fully saturated rings. The molecule has 2 unspecified atom stereocenters. The number of halogens is 1. The van der Waals surface area contributed by atoms with Crippen LogP contribution < -0.4 is 0 Å². The van der Waals surface area contributed by atoms with Gasteiger partial charge in [-0.25, -0.2) is 0 Å². The molecule has 0 aromatic heterocycles. The molecular formula is C11H21ClN2O. The van der Waals surface area contributed by atoms with E-state index in [-0.39, 0.29) is 0 Å². The first kappa shape index (κ1) is 11.6. The molecule has 2 rings (SSSR count). The zero-order valence-electron chi connectivity index (χ0n) is 9.49. The highest BCUT2D eigenvalue weighted by atomic mass is 35.5. The molecule has 88 valence electrons. The summed E-state index contributed by atoms with van der Waals surface area (Å²) in [6.07, 6.45) is 2.93. The fraction of sp³-hybridized carbons (Fsp3) is 1.00. The van der Waals surface area contributed by atoms with E-state index in [0.29, 0.717) is 12.1 Å². The van der Waals surface area contributed by atoms with Gasteiger partial charge in [0.1, 0.15) is 0 Å². The maximum Gasteiger partial charge on any atom is 0.0829 e. The Labute approximate surface area is 97.3 Å². The Morgan fingerprint density at radius 1 is 1.40 bits per heavy atom. The summed E-state index contributed by atoms with van der Waals surface area (Å²) in [5.41, 5.74) is 0. The summed E-state index contributed by atoms with van der Waals surface area (Å²) in [5.74, 6) is 0.766. The van der Waals surface area contributed by atoms with Crippen molar-refractivity contribution < 1.29 is 4.74 Å². The number of nitrogens with zero attached hydrogens (tertiary/aromatic N) is 2. The number of ether oxygens (including phenoxy) is 1. The van der Waals surface area contributed by atoms with Crippen LogP contribution in [0, 0.1) is 0 Å². The number of morpholine rings is 1. The molecule has 2 saturated heterocycles. The molecule has 0 aliphatic carbocycles. The second kappa shape index (κ2) is 5.48. The van der Waals surface area contributed by atoms with Crippen LogP contribution in [0.5, 0.6) is 0 Å². The van der Waals surface area contributed by atoms with Crippen molar-refractivity contribution in [2.24, 2.45) is 0 Å². The van der Waals surface area contributed by atoms with Gasteiger partial charge in [-0.15, -0.1) is 11.6 Å². The van der Waals surface area contributed by atoms with Gasteiger partial charge in [0, 0.05) is 31.6 Å². The van der Waals surface area contributed by atoms with Crippen molar-refractivity contribution in [3.8, 4) is 0 Å². The zero-order chi connectivity index (χ0) is 10.7. The van der Waals surface area contributed by atoms with Crippen LogP contribution in [-0.2, 0) is 4.74 Å². The van der Waals surface area contributed by atoms with Crippen LogP contribution in [0.1, 0.15) is 12.8 Å². The van der Waals surface area contributed by atoms with Crippen LogP contribution in [0.25, 0.3) is 0 Å². The van der Waals surface area contributed by atoms with E-state index in [0.717, 1.165) is 32.1 Å². The van der Waals surface area contributed by atoms with Crippen LogP contribution in [-0.4, -0.2) is 67.7 Å². The van der Waals surface area contributed by atoms with Crippen LogP contribution in [0.4, 0.5) is 0 Å². The van der Waals surface area contributed by atoms with Crippen LogP contribution in [0.3, 0.4) is 0 Å². The lowest BCUT2D eigenvalue weighted by atomic mass is 10.2. The van der Waals surface area contributed by atoms with E-state index >= 15 is 0 Å². The molecular weight excluding hydrogens is 212 g/mol. The van der Waals surface area contributed by atoms with E-state index in [2.05, 4.69) is 16.8 Å². The fourth-order valence-electron chi connectivity index (χ4n) is 2.55. The summed E-state index contributed by atoms with van der Waals surface area (Å²) in [4.78, 5) is 4.84. The number of rotatable bonds is 3. The number of hydrogen-bond donors (Lipinski definition) is 0. The molecule has 2 heterocycles. The molecule has 3 nitrogen and oxygen atoms in total. The van der Waals surface area contributed by atoms with Crippen LogP contribution in [0.15, 0.2) is 0 Å². The summed E-state index contributed by atoms with van der Waals surface area (Å²) in [6.45, 7) is 5.25. The summed E-state index contributed by atoms with van der Waals surface area (Å²) >= 11 is 5.96. The maximum atomic E-state index is 5.96. The first-order valence-electron chi connectivity index (χ1n) is 5.89. The molecule has 0 N–H and O–H groups in total. The van der Waals surface area contributed by atoms with Crippen LogP contribution >= 0.6 is 11.6 Å². The lowest BCUT2D eigenvalue weighted by Crippen LogP contribution is -2.47. The van der Waals surface area contributed by atoms with Crippen molar-refractivity contribution in [3.05, 3.63) is 0 Å². The van der Waals surface area contributed by atoms with Gasteiger partial charge >= 0.3 is 0 Å². The Balaban J connectivity index is 1.80. The number of hydrogen-bond acceptors (Lipinski definition) is 3.